The van der Waals surface area contributed by atoms with Crippen molar-refractivity contribution in [3.8, 4) is 0 Å². The third-order valence-corrected chi connectivity index (χ3v) is 2.09. The van der Waals surface area contributed by atoms with Gasteiger partial charge >= 0.3 is 5.97 Å². The molecule has 0 aliphatic heterocycles. The number of rotatable bonds is 3. The predicted molar refractivity (Wildman–Crippen MR) is 51.7 cm³/mol. The number of pyridine rings is 1. The van der Waals surface area contributed by atoms with Gasteiger partial charge in [-0.1, -0.05) is 0 Å². The first kappa shape index (κ1) is 11.1. The fraction of sp³-hybridized carbons (Fsp3) is 0.333. The average Bonchev–Trinajstić information content (AvgIpc) is 2.15. The number of aromatic nitrogens is 1. The maximum Gasteiger partial charge on any atom is 0.312 e. The summed E-state index contributed by atoms with van der Waals surface area (Å²) in [6.45, 7) is 2.96. The van der Waals surface area contributed by atoms with Crippen LogP contribution in [0.25, 0.3) is 0 Å². The second kappa shape index (κ2) is 4.04. The largest absolute Gasteiger partial charge is 0.481 e. The molecule has 1 unspecified atom stereocenters. The summed E-state index contributed by atoms with van der Waals surface area (Å²) in [6, 6.07) is 2.64. The topological polar surface area (TPSA) is 93.3 Å². The molecule has 1 aromatic heterocycles. The van der Waals surface area contributed by atoms with Crippen LogP contribution >= 0.6 is 0 Å². The molecule has 0 saturated heterocycles. The fourth-order valence-corrected chi connectivity index (χ4v) is 1.13. The molecule has 0 aromatic carbocycles. The van der Waals surface area contributed by atoms with Crippen LogP contribution in [0.5, 0.6) is 0 Å². The standard InChI is InChI=1S/C9H10N2O4/c1-5(9(12)13)7-3-4-8(11(14)15)6(2)10-7/h3-5H,1-2H3,(H,12,13). The molecule has 0 bridgehead atoms. The summed E-state index contributed by atoms with van der Waals surface area (Å²) in [5.41, 5.74) is 0.451. The van der Waals surface area contributed by atoms with Crippen LogP contribution in [0.2, 0.25) is 0 Å². The van der Waals surface area contributed by atoms with Gasteiger partial charge in [0.1, 0.15) is 5.69 Å². The van der Waals surface area contributed by atoms with E-state index in [4.69, 9.17) is 5.11 Å². The molecule has 0 spiro atoms. The van der Waals surface area contributed by atoms with Crippen LogP contribution in [0, 0.1) is 17.0 Å². The number of hydrogen-bond donors (Lipinski definition) is 1. The minimum Gasteiger partial charge on any atom is -0.481 e. The van der Waals surface area contributed by atoms with E-state index in [-0.39, 0.29) is 11.4 Å². The summed E-state index contributed by atoms with van der Waals surface area (Å²) >= 11 is 0. The van der Waals surface area contributed by atoms with Crippen LogP contribution in [0.1, 0.15) is 24.2 Å². The first-order chi connectivity index (χ1) is 6.93. The number of carbonyl (C=O) groups is 1. The summed E-state index contributed by atoms with van der Waals surface area (Å²) in [5, 5.41) is 19.2. The molecule has 1 rings (SSSR count). The molecule has 0 amide bonds. The Bertz CT molecular complexity index is 417. The highest BCUT2D eigenvalue weighted by molar-refractivity contribution is 5.74. The van der Waals surface area contributed by atoms with Gasteiger partial charge in [-0.2, -0.15) is 0 Å². The average molecular weight is 210 g/mol. The van der Waals surface area contributed by atoms with Crippen molar-refractivity contribution in [1.29, 1.82) is 0 Å². The Morgan fingerprint density at radius 2 is 2.20 bits per heavy atom. The summed E-state index contributed by atoms with van der Waals surface area (Å²) in [5.74, 6) is -1.76. The molecular weight excluding hydrogens is 200 g/mol. The third kappa shape index (κ3) is 2.28. The van der Waals surface area contributed by atoms with Crippen LogP contribution in [0.15, 0.2) is 12.1 Å². The molecule has 6 heteroatoms. The lowest BCUT2D eigenvalue weighted by molar-refractivity contribution is -0.385. The van der Waals surface area contributed by atoms with Crippen LogP contribution in [-0.2, 0) is 4.79 Å². The monoisotopic (exact) mass is 210 g/mol. The Hall–Kier alpha value is -1.98. The maximum atomic E-state index is 10.7. The number of nitrogens with zero attached hydrogens (tertiary/aromatic N) is 2. The van der Waals surface area contributed by atoms with Gasteiger partial charge in [-0.25, -0.2) is 0 Å². The minimum atomic E-state index is -1.00. The van der Waals surface area contributed by atoms with E-state index in [0.717, 1.165) is 0 Å². The van der Waals surface area contributed by atoms with E-state index in [1.165, 1.54) is 26.0 Å². The van der Waals surface area contributed by atoms with Gasteiger partial charge in [-0.15, -0.1) is 0 Å². The molecule has 80 valence electrons. The number of carboxylic acids is 1. The molecule has 1 atom stereocenters. The van der Waals surface area contributed by atoms with Crippen LogP contribution in [0.4, 0.5) is 5.69 Å². The molecule has 1 N–H and O–H groups in total. The molecule has 1 heterocycles. The highest BCUT2D eigenvalue weighted by atomic mass is 16.6. The molecule has 0 aliphatic rings. The van der Waals surface area contributed by atoms with Crippen molar-refractivity contribution in [3.63, 3.8) is 0 Å². The van der Waals surface area contributed by atoms with E-state index < -0.39 is 16.8 Å². The Balaban J connectivity index is 3.12. The maximum absolute atomic E-state index is 10.7. The highest BCUT2D eigenvalue weighted by Gasteiger charge is 2.18. The number of aliphatic carboxylic acids is 1. The third-order valence-electron chi connectivity index (χ3n) is 2.09. The molecular formula is C9H10N2O4. The van der Waals surface area contributed by atoms with E-state index >= 15 is 0 Å². The number of hydrogen-bond acceptors (Lipinski definition) is 4. The minimum absolute atomic E-state index is 0.101. The molecule has 0 aliphatic carbocycles. The van der Waals surface area contributed by atoms with Gasteiger partial charge in [-0.3, -0.25) is 19.9 Å². The number of carboxylic acid groups (broad SMARTS) is 1. The molecule has 0 radical (unpaired) electrons. The van der Waals surface area contributed by atoms with Gasteiger partial charge < -0.3 is 5.11 Å². The van der Waals surface area contributed by atoms with Crippen LogP contribution < -0.4 is 0 Å². The van der Waals surface area contributed by atoms with E-state index in [1.807, 2.05) is 0 Å². The zero-order valence-electron chi connectivity index (χ0n) is 8.30. The van der Waals surface area contributed by atoms with Gasteiger partial charge in [0.15, 0.2) is 0 Å². The number of nitro groups is 1. The predicted octanol–water partition coefficient (Wildman–Crippen LogP) is 1.49. The van der Waals surface area contributed by atoms with E-state index in [0.29, 0.717) is 5.69 Å². The van der Waals surface area contributed by atoms with Crippen molar-refractivity contribution in [2.75, 3.05) is 0 Å². The second-order valence-electron chi connectivity index (χ2n) is 3.16. The molecule has 1 aromatic rings. The highest BCUT2D eigenvalue weighted by Crippen LogP contribution is 2.20. The molecule has 0 fully saturated rings. The first-order valence-electron chi connectivity index (χ1n) is 4.28. The summed E-state index contributed by atoms with van der Waals surface area (Å²) in [7, 11) is 0. The Morgan fingerprint density at radius 3 is 2.60 bits per heavy atom. The normalized spacial score (nSPS) is 12.1. The molecule has 15 heavy (non-hydrogen) atoms. The van der Waals surface area contributed by atoms with Gasteiger partial charge in [0.25, 0.3) is 5.69 Å². The summed E-state index contributed by atoms with van der Waals surface area (Å²) in [4.78, 5) is 24.5. The van der Waals surface area contributed by atoms with E-state index in [9.17, 15) is 14.9 Å². The number of aryl methyl sites for hydroxylation is 1. The quantitative estimate of drug-likeness (QED) is 0.602. The van der Waals surface area contributed by atoms with Crippen molar-refractivity contribution >= 4 is 11.7 Å². The van der Waals surface area contributed by atoms with Gasteiger partial charge in [0.2, 0.25) is 0 Å². The first-order valence-corrected chi connectivity index (χ1v) is 4.28. The lowest BCUT2D eigenvalue weighted by Gasteiger charge is -2.06. The second-order valence-corrected chi connectivity index (χ2v) is 3.16. The Kier molecular flexibility index (Phi) is 2.99. The molecule has 0 saturated carbocycles. The van der Waals surface area contributed by atoms with Crippen molar-refractivity contribution in [2.24, 2.45) is 0 Å². The van der Waals surface area contributed by atoms with E-state index in [2.05, 4.69) is 4.98 Å². The van der Waals surface area contributed by atoms with Gasteiger partial charge in [0.05, 0.1) is 16.5 Å². The Labute approximate surface area is 85.7 Å². The Morgan fingerprint density at radius 1 is 1.60 bits per heavy atom. The van der Waals surface area contributed by atoms with E-state index in [1.54, 1.807) is 0 Å². The zero-order valence-corrected chi connectivity index (χ0v) is 8.30. The van der Waals surface area contributed by atoms with Crippen molar-refractivity contribution in [1.82, 2.24) is 4.98 Å². The lowest BCUT2D eigenvalue weighted by atomic mass is 10.1. The van der Waals surface area contributed by atoms with Crippen LogP contribution in [0.3, 0.4) is 0 Å². The van der Waals surface area contributed by atoms with Crippen molar-refractivity contribution in [3.05, 3.63) is 33.6 Å². The zero-order chi connectivity index (χ0) is 11.6. The fourth-order valence-electron chi connectivity index (χ4n) is 1.13. The van der Waals surface area contributed by atoms with Crippen molar-refractivity contribution in [2.45, 2.75) is 19.8 Å². The SMILES string of the molecule is Cc1nc(C(C)C(=O)O)ccc1[N+](=O)[O-]. The summed E-state index contributed by atoms with van der Waals surface area (Å²) < 4.78 is 0. The van der Waals surface area contributed by atoms with Gasteiger partial charge in [-0.05, 0) is 19.9 Å². The van der Waals surface area contributed by atoms with Crippen molar-refractivity contribution < 1.29 is 14.8 Å². The lowest BCUT2D eigenvalue weighted by Crippen LogP contribution is -2.10. The smallest absolute Gasteiger partial charge is 0.312 e. The molecule has 6 nitrogen and oxygen atoms in total. The summed E-state index contributed by atoms with van der Waals surface area (Å²) in [6.07, 6.45) is 0. The van der Waals surface area contributed by atoms with Crippen LogP contribution in [-0.4, -0.2) is 21.0 Å². The van der Waals surface area contributed by atoms with Gasteiger partial charge in [0, 0.05) is 6.07 Å².